The molecule has 0 spiro atoms. The molecule has 0 aliphatic carbocycles. The van der Waals surface area contributed by atoms with Gasteiger partial charge in [0.2, 0.25) is 0 Å². The Bertz CT molecular complexity index is 613. The maximum atomic E-state index is 12.2. The molecule has 104 valence electrons. The first-order valence-electron chi connectivity index (χ1n) is 6.63. The van der Waals surface area contributed by atoms with Gasteiger partial charge >= 0.3 is 0 Å². The van der Waals surface area contributed by atoms with Crippen LogP contribution in [0.4, 0.5) is 5.69 Å². The van der Waals surface area contributed by atoms with E-state index in [9.17, 15) is 4.79 Å². The van der Waals surface area contributed by atoms with Gasteiger partial charge < -0.3 is 5.32 Å². The lowest BCUT2D eigenvalue weighted by Crippen LogP contribution is -2.14. The first-order valence-corrected chi connectivity index (χ1v) is 7.01. The fourth-order valence-electron chi connectivity index (χ4n) is 2.00. The summed E-state index contributed by atoms with van der Waals surface area (Å²) in [7, 11) is 0. The van der Waals surface area contributed by atoms with E-state index in [1.807, 2.05) is 24.3 Å². The molecule has 0 saturated heterocycles. The topological polar surface area (TPSA) is 42.0 Å². The Labute approximate surface area is 124 Å². The van der Waals surface area contributed by atoms with Crippen molar-refractivity contribution in [2.75, 3.05) is 5.32 Å². The van der Waals surface area contributed by atoms with Crippen molar-refractivity contribution in [1.82, 2.24) is 4.98 Å². The lowest BCUT2D eigenvalue weighted by Gasteiger charge is -2.15. The predicted octanol–water partition coefficient (Wildman–Crippen LogP) is 4.50. The van der Waals surface area contributed by atoms with Gasteiger partial charge in [0, 0.05) is 17.4 Å². The van der Waals surface area contributed by atoms with Gasteiger partial charge in [0.25, 0.3) is 5.91 Å². The molecule has 1 heterocycles. The molecule has 2 aromatic rings. The van der Waals surface area contributed by atoms with Crippen molar-refractivity contribution in [1.29, 1.82) is 0 Å². The maximum Gasteiger partial charge on any atom is 0.255 e. The van der Waals surface area contributed by atoms with Crippen LogP contribution in [-0.4, -0.2) is 10.9 Å². The molecule has 1 aromatic carbocycles. The smallest absolute Gasteiger partial charge is 0.255 e. The SMILES string of the molecule is CC[C@H](C)c1ccccc1NC(=O)c1ccnc(Cl)c1. The number of nitrogens with one attached hydrogen (secondary N) is 1. The highest BCUT2D eigenvalue weighted by atomic mass is 35.5. The van der Waals surface area contributed by atoms with Crippen LogP contribution in [-0.2, 0) is 0 Å². The Morgan fingerprint density at radius 1 is 1.35 bits per heavy atom. The van der Waals surface area contributed by atoms with E-state index in [4.69, 9.17) is 11.6 Å². The molecule has 20 heavy (non-hydrogen) atoms. The normalized spacial score (nSPS) is 11.9. The van der Waals surface area contributed by atoms with Gasteiger partial charge in [-0.3, -0.25) is 4.79 Å². The van der Waals surface area contributed by atoms with E-state index < -0.39 is 0 Å². The average Bonchev–Trinajstić information content (AvgIpc) is 2.47. The molecule has 3 nitrogen and oxygen atoms in total. The number of pyridine rings is 1. The molecule has 0 saturated carbocycles. The molecule has 2 rings (SSSR count). The van der Waals surface area contributed by atoms with Crippen LogP contribution in [0.5, 0.6) is 0 Å². The van der Waals surface area contributed by atoms with Gasteiger partial charge in [0.05, 0.1) is 0 Å². The average molecular weight is 289 g/mol. The van der Waals surface area contributed by atoms with E-state index in [1.54, 1.807) is 12.1 Å². The van der Waals surface area contributed by atoms with E-state index in [0.717, 1.165) is 17.7 Å². The second-order valence-corrected chi connectivity index (χ2v) is 5.11. The van der Waals surface area contributed by atoms with Gasteiger partial charge in [-0.2, -0.15) is 0 Å². The Hall–Kier alpha value is -1.87. The molecule has 4 heteroatoms. The Morgan fingerprint density at radius 2 is 2.10 bits per heavy atom. The van der Waals surface area contributed by atoms with Crippen molar-refractivity contribution in [2.45, 2.75) is 26.2 Å². The minimum atomic E-state index is -0.176. The Kier molecular flexibility index (Phi) is 4.74. The van der Waals surface area contributed by atoms with Crippen molar-refractivity contribution in [3.8, 4) is 0 Å². The number of carbonyl (C=O) groups is 1. The maximum absolute atomic E-state index is 12.2. The van der Waals surface area contributed by atoms with Crippen LogP contribution in [0.2, 0.25) is 5.15 Å². The summed E-state index contributed by atoms with van der Waals surface area (Å²) in [6, 6.07) is 11.1. The van der Waals surface area contributed by atoms with Crippen LogP contribution in [0, 0.1) is 0 Å². The summed E-state index contributed by atoms with van der Waals surface area (Å²) in [5, 5.41) is 3.26. The van der Waals surface area contributed by atoms with Crippen LogP contribution in [0.1, 0.15) is 42.1 Å². The van der Waals surface area contributed by atoms with Crippen molar-refractivity contribution < 1.29 is 4.79 Å². The molecule has 0 fully saturated rings. The minimum Gasteiger partial charge on any atom is -0.322 e. The Morgan fingerprint density at radius 3 is 2.80 bits per heavy atom. The standard InChI is InChI=1S/C16H17ClN2O/c1-3-11(2)13-6-4-5-7-14(13)19-16(20)12-8-9-18-15(17)10-12/h4-11H,3H2,1-2H3,(H,19,20)/t11-/m0/s1. The molecule has 1 amide bonds. The van der Waals surface area contributed by atoms with E-state index >= 15 is 0 Å². The number of amides is 1. The summed E-state index contributed by atoms with van der Waals surface area (Å²) >= 11 is 5.80. The van der Waals surface area contributed by atoms with Crippen LogP contribution < -0.4 is 5.32 Å². The zero-order valence-corrected chi connectivity index (χ0v) is 12.3. The van der Waals surface area contributed by atoms with E-state index in [0.29, 0.717) is 16.6 Å². The number of anilines is 1. The van der Waals surface area contributed by atoms with Crippen LogP contribution >= 0.6 is 11.6 Å². The second-order valence-electron chi connectivity index (χ2n) is 4.72. The molecule has 0 radical (unpaired) electrons. The first-order chi connectivity index (χ1) is 9.61. The van der Waals surface area contributed by atoms with Crippen LogP contribution in [0.15, 0.2) is 42.6 Å². The predicted molar refractivity (Wildman–Crippen MR) is 82.3 cm³/mol. The van der Waals surface area contributed by atoms with E-state index in [1.165, 1.54) is 6.20 Å². The highest BCUT2D eigenvalue weighted by molar-refractivity contribution is 6.29. The van der Waals surface area contributed by atoms with Crippen LogP contribution in [0.25, 0.3) is 0 Å². The summed E-state index contributed by atoms with van der Waals surface area (Å²) in [5.74, 6) is 0.220. The van der Waals surface area contributed by atoms with Crippen molar-refractivity contribution in [3.63, 3.8) is 0 Å². The van der Waals surface area contributed by atoms with Gasteiger partial charge in [-0.15, -0.1) is 0 Å². The van der Waals surface area contributed by atoms with E-state index in [2.05, 4.69) is 24.1 Å². The molecule has 1 N–H and O–H groups in total. The fourth-order valence-corrected chi connectivity index (χ4v) is 2.17. The summed E-state index contributed by atoms with van der Waals surface area (Å²) in [5.41, 5.74) is 2.49. The molecule has 0 aliphatic heterocycles. The summed E-state index contributed by atoms with van der Waals surface area (Å²) < 4.78 is 0. The molecular formula is C16H17ClN2O. The summed E-state index contributed by atoms with van der Waals surface area (Å²) in [4.78, 5) is 16.1. The van der Waals surface area contributed by atoms with Gasteiger partial charge in [-0.25, -0.2) is 4.98 Å². The number of rotatable bonds is 4. The first kappa shape index (κ1) is 14.5. The van der Waals surface area contributed by atoms with Gasteiger partial charge in [-0.1, -0.05) is 43.6 Å². The minimum absolute atomic E-state index is 0.176. The van der Waals surface area contributed by atoms with Crippen LogP contribution in [0.3, 0.4) is 0 Å². The number of halogens is 1. The zero-order valence-electron chi connectivity index (χ0n) is 11.6. The second kappa shape index (κ2) is 6.53. The number of hydrogen-bond acceptors (Lipinski definition) is 2. The molecular weight excluding hydrogens is 272 g/mol. The number of hydrogen-bond donors (Lipinski definition) is 1. The number of aromatic nitrogens is 1. The number of benzene rings is 1. The number of carbonyl (C=O) groups excluding carboxylic acids is 1. The molecule has 1 aromatic heterocycles. The molecule has 0 unspecified atom stereocenters. The third kappa shape index (κ3) is 3.36. The fraction of sp³-hybridized carbons (Fsp3) is 0.250. The van der Waals surface area contributed by atoms with Gasteiger partial charge in [0.1, 0.15) is 5.15 Å². The third-order valence-electron chi connectivity index (χ3n) is 3.34. The summed E-state index contributed by atoms with van der Waals surface area (Å²) in [6.07, 6.45) is 2.55. The third-order valence-corrected chi connectivity index (χ3v) is 3.55. The monoisotopic (exact) mass is 288 g/mol. The lowest BCUT2D eigenvalue weighted by molar-refractivity contribution is 0.102. The highest BCUT2D eigenvalue weighted by Gasteiger charge is 2.12. The quantitative estimate of drug-likeness (QED) is 0.842. The molecule has 0 bridgehead atoms. The molecule has 0 aliphatic rings. The van der Waals surface area contributed by atoms with Gasteiger partial charge in [0.15, 0.2) is 0 Å². The lowest BCUT2D eigenvalue weighted by atomic mass is 9.97. The van der Waals surface area contributed by atoms with E-state index in [-0.39, 0.29) is 5.91 Å². The molecule has 1 atom stereocenters. The zero-order chi connectivity index (χ0) is 14.5. The largest absolute Gasteiger partial charge is 0.322 e. The van der Waals surface area contributed by atoms with Crippen molar-refractivity contribution in [2.24, 2.45) is 0 Å². The summed E-state index contributed by atoms with van der Waals surface area (Å²) in [6.45, 7) is 4.28. The van der Waals surface area contributed by atoms with Crippen molar-refractivity contribution >= 4 is 23.2 Å². The van der Waals surface area contributed by atoms with Gasteiger partial charge in [-0.05, 0) is 36.1 Å². The van der Waals surface area contributed by atoms with Crippen molar-refractivity contribution in [3.05, 3.63) is 58.9 Å². The Balaban J connectivity index is 2.24. The number of para-hydroxylation sites is 1. The number of nitrogens with zero attached hydrogens (tertiary/aromatic N) is 1. The highest BCUT2D eigenvalue weighted by Crippen LogP contribution is 2.26.